The van der Waals surface area contributed by atoms with Crippen molar-refractivity contribution in [3.05, 3.63) is 39.8 Å². The maximum Gasteiger partial charge on any atom is 0.277 e. The molecule has 0 fully saturated rings. The number of hydrogen-bond acceptors (Lipinski definition) is 5. The van der Waals surface area contributed by atoms with E-state index < -0.39 is 0 Å². The topological polar surface area (TPSA) is 89.9 Å². The third-order valence-corrected chi connectivity index (χ3v) is 4.90. The lowest BCUT2D eigenvalue weighted by atomic mass is 10.1. The number of aromatic nitrogens is 4. The summed E-state index contributed by atoms with van der Waals surface area (Å²) in [6.07, 6.45) is 2.47. The molecule has 3 aromatic rings. The molecule has 0 aliphatic rings. The van der Waals surface area contributed by atoms with E-state index in [2.05, 4.69) is 32.9 Å². The number of ether oxygens (including phenoxy) is 1. The average Bonchev–Trinajstić information content (AvgIpc) is 3.01. The van der Waals surface area contributed by atoms with Gasteiger partial charge in [0.2, 0.25) is 0 Å². The van der Waals surface area contributed by atoms with E-state index in [0.29, 0.717) is 40.3 Å². The van der Waals surface area contributed by atoms with E-state index in [4.69, 9.17) is 9.72 Å². The maximum absolute atomic E-state index is 12.7. The number of ketones is 1. The van der Waals surface area contributed by atoms with Gasteiger partial charge in [-0.2, -0.15) is 5.10 Å². The van der Waals surface area contributed by atoms with E-state index in [-0.39, 0.29) is 16.7 Å². The van der Waals surface area contributed by atoms with Crippen LogP contribution in [0, 0.1) is 0 Å². The third-order valence-electron chi connectivity index (χ3n) is 4.39. The van der Waals surface area contributed by atoms with Gasteiger partial charge in [-0.05, 0) is 31.0 Å². The number of alkyl halides is 1. The van der Waals surface area contributed by atoms with Gasteiger partial charge in [0.25, 0.3) is 5.56 Å². The van der Waals surface area contributed by atoms with E-state index in [1.807, 2.05) is 6.92 Å². The fourth-order valence-electron chi connectivity index (χ4n) is 3.08. The highest BCUT2D eigenvalue weighted by Gasteiger charge is 2.18. The highest BCUT2D eigenvalue weighted by atomic mass is 79.9. The summed E-state index contributed by atoms with van der Waals surface area (Å²) in [5.41, 5.74) is 2.66. The molecule has 7 nitrogen and oxygen atoms in total. The predicted molar refractivity (Wildman–Crippen MR) is 112 cm³/mol. The Morgan fingerprint density at radius 1 is 1.29 bits per heavy atom. The van der Waals surface area contributed by atoms with Crippen LogP contribution in [-0.4, -0.2) is 37.5 Å². The zero-order chi connectivity index (χ0) is 20.3. The first-order valence-electron chi connectivity index (χ1n) is 9.32. The van der Waals surface area contributed by atoms with Crippen LogP contribution in [0.4, 0.5) is 0 Å². The van der Waals surface area contributed by atoms with Gasteiger partial charge in [-0.25, -0.2) is 4.98 Å². The summed E-state index contributed by atoms with van der Waals surface area (Å²) in [6.45, 7) is 4.60. The number of carbonyl (C=O) groups is 1. The first kappa shape index (κ1) is 20.3. The number of Topliss-reactive ketones (excluding diaryl/α,β-unsaturated/α-hetero) is 1. The molecule has 3 rings (SSSR count). The van der Waals surface area contributed by atoms with Crippen molar-refractivity contribution in [2.45, 2.75) is 33.1 Å². The second-order valence-electron chi connectivity index (χ2n) is 6.55. The second-order valence-corrected chi connectivity index (χ2v) is 7.11. The molecular formula is C20H23BrN4O3. The Bertz CT molecular complexity index is 1070. The number of carbonyl (C=O) groups excluding carboxylic acids is 1. The Morgan fingerprint density at radius 3 is 2.75 bits per heavy atom. The Hall–Kier alpha value is -2.48. The summed E-state index contributed by atoms with van der Waals surface area (Å²) < 4.78 is 7.40. The number of halogens is 1. The molecule has 28 heavy (non-hydrogen) atoms. The molecule has 2 heterocycles. The minimum Gasteiger partial charge on any atom is -0.493 e. The fraction of sp³-hybridized carbons (Fsp3) is 0.400. The van der Waals surface area contributed by atoms with Gasteiger partial charge in [0.05, 0.1) is 23.2 Å². The number of nitrogens with one attached hydrogen (secondary N) is 1. The van der Waals surface area contributed by atoms with Gasteiger partial charge in [-0.15, -0.1) is 0 Å². The maximum atomic E-state index is 12.7. The van der Waals surface area contributed by atoms with Crippen LogP contribution in [0.1, 0.15) is 42.7 Å². The summed E-state index contributed by atoms with van der Waals surface area (Å²) in [5.74, 6) is 0.898. The molecule has 0 radical (unpaired) electrons. The van der Waals surface area contributed by atoms with Gasteiger partial charge < -0.3 is 9.72 Å². The number of H-pyrrole nitrogens is 1. The van der Waals surface area contributed by atoms with Crippen LogP contribution in [0.2, 0.25) is 0 Å². The van der Waals surface area contributed by atoms with Crippen LogP contribution in [0.3, 0.4) is 0 Å². The van der Waals surface area contributed by atoms with Crippen molar-refractivity contribution in [1.29, 1.82) is 0 Å². The van der Waals surface area contributed by atoms with Gasteiger partial charge in [-0.1, -0.05) is 36.2 Å². The first-order valence-corrected chi connectivity index (χ1v) is 10.4. The van der Waals surface area contributed by atoms with Crippen molar-refractivity contribution >= 4 is 32.7 Å². The summed E-state index contributed by atoms with van der Waals surface area (Å²) in [4.78, 5) is 32.4. The fourth-order valence-corrected chi connectivity index (χ4v) is 3.41. The van der Waals surface area contributed by atoms with E-state index in [1.54, 1.807) is 29.9 Å². The number of rotatable bonds is 8. The molecule has 0 spiro atoms. The van der Waals surface area contributed by atoms with Crippen molar-refractivity contribution < 1.29 is 9.53 Å². The zero-order valence-electron chi connectivity index (χ0n) is 16.2. The van der Waals surface area contributed by atoms with Crippen LogP contribution in [0.25, 0.3) is 22.4 Å². The molecule has 148 valence electrons. The Kier molecular flexibility index (Phi) is 6.28. The highest BCUT2D eigenvalue weighted by Crippen LogP contribution is 2.30. The number of aryl methyl sites for hydroxylation is 2. The minimum absolute atomic E-state index is 0.0558. The molecular weight excluding hydrogens is 424 g/mol. The molecule has 1 N–H and O–H groups in total. The van der Waals surface area contributed by atoms with E-state index >= 15 is 0 Å². The van der Waals surface area contributed by atoms with E-state index in [1.165, 1.54) is 0 Å². The van der Waals surface area contributed by atoms with E-state index in [9.17, 15) is 9.59 Å². The van der Waals surface area contributed by atoms with E-state index in [0.717, 1.165) is 25.0 Å². The van der Waals surface area contributed by atoms with Crippen LogP contribution >= 0.6 is 15.9 Å². The molecule has 0 unspecified atom stereocenters. The standard InChI is InChI=1S/C20H23BrN4O3/c1-4-6-14-17-18(25(3)24-14)20(27)23-19(22-17)13-10-12(15(26)11-21)7-8-16(13)28-9-5-2/h7-8,10H,4-6,9,11H2,1-3H3,(H,22,23,27). The first-order chi connectivity index (χ1) is 13.5. The lowest BCUT2D eigenvalue weighted by molar-refractivity contribution is 0.102. The summed E-state index contributed by atoms with van der Waals surface area (Å²) in [5, 5.41) is 4.66. The quantitative estimate of drug-likeness (QED) is 0.421. The number of fused-ring (bicyclic) bond motifs is 1. The number of aromatic amines is 1. The normalized spacial score (nSPS) is 11.1. The molecule has 2 aromatic heterocycles. The largest absolute Gasteiger partial charge is 0.493 e. The van der Waals surface area contributed by atoms with Gasteiger partial charge in [0.15, 0.2) is 11.3 Å². The monoisotopic (exact) mass is 446 g/mol. The highest BCUT2D eigenvalue weighted by molar-refractivity contribution is 9.09. The van der Waals surface area contributed by atoms with Gasteiger partial charge in [0.1, 0.15) is 17.1 Å². The van der Waals surface area contributed by atoms with Crippen molar-refractivity contribution in [3.8, 4) is 17.1 Å². The average molecular weight is 447 g/mol. The third kappa shape index (κ3) is 3.87. The van der Waals surface area contributed by atoms with Gasteiger partial charge in [0, 0.05) is 12.6 Å². The number of hydrogen-bond donors (Lipinski definition) is 1. The van der Waals surface area contributed by atoms with Crippen molar-refractivity contribution in [2.24, 2.45) is 7.05 Å². The van der Waals surface area contributed by atoms with Crippen LogP contribution in [-0.2, 0) is 13.5 Å². The zero-order valence-corrected chi connectivity index (χ0v) is 17.8. The molecule has 0 saturated heterocycles. The molecule has 0 saturated carbocycles. The Morgan fingerprint density at radius 2 is 2.07 bits per heavy atom. The number of benzene rings is 1. The van der Waals surface area contributed by atoms with Crippen LogP contribution in [0.5, 0.6) is 5.75 Å². The Labute approximate surface area is 171 Å². The smallest absolute Gasteiger partial charge is 0.277 e. The lowest BCUT2D eigenvalue weighted by Crippen LogP contribution is -2.13. The van der Waals surface area contributed by atoms with Crippen LogP contribution < -0.4 is 10.3 Å². The van der Waals surface area contributed by atoms with Crippen molar-refractivity contribution in [2.75, 3.05) is 11.9 Å². The minimum atomic E-state index is -0.268. The molecule has 0 amide bonds. The molecule has 0 aliphatic heterocycles. The molecule has 0 bridgehead atoms. The second kappa shape index (κ2) is 8.68. The van der Waals surface area contributed by atoms with Crippen molar-refractivity contribution in [1.82, 2.24) is 19.7 Å². The summed E-state index contributed by atoms with van der Waals surface area (Å²) in [7, 11) is 1.74. The van der Waals surface area contributed by atoms with Crippen LogP contribution in [0.15, 0.2) is 23.0 Å². The Balaban J connectivity index is 2.23. The number of nitrogens with zero attached hydrogens (tertiary/aromatic N) is 3. The van der Waals surface area contributed by atoms with Crippen molar-refractivity contribution in [3.63, 3.8) is 0 Å². The summed E-state index contributed by atoms with van der Waals surface area (Å²) in [6, 6.07) is 5.19. The SMILES string of the molecule is CCCOc1ccc(C(=O)CBr)cc1-c1nc2c(CCC)nn(C)c2c(=O)[nH]1. The van der Waals surface area contributed by atoms with Gasteiger partial charge in [-0.3, -0.25) is 14.3 Å². The predicted octanol–water partition coefficient (Wildman–Crippen LogP) is 3.64. The molecule has 0 atom stereocenters. The molecule has 1 aromatic carbocycles. The lowest BCUT2D eigenvalue weighted by Gasteiger charge is -2.12. The van der Waals surface area contributed by atoms with Gasteiger partial charge >= 0.3 is 0 Å². The molecule has 8 heteroatoms. The summed E-state index contributed by atoms with van der Waals surface area (Å²) >= 11 is 3.20. The molecule has 0 aliphatic carbocycles.